The summed E-state index contributed by atoms with van der Waals surface area (Å²) in [7, 11) is 1.87. The molecule has 7 nitrogen and oxygen atoms in total. The second-order valence-corrected chi connectivity index (χ2v) is 6.89. The lowest BCUT2D eigenvalue weighted by Crippen LogP contribution is -2.13. The van der Waals surface area contributed by atoms with E-state index in [1.165, 1.54) is 12.1 Å². The van der Waals surface area contributed by atoms with Crippen molar-refractivity contribution in [1.82, 2.24) is 15.1 Å². The van der Waals surface area contributed by atoms with Crippen LogP contribution in [0.5, 0.6) is 5.75 Å². The number of aromatic nitrogens is 2. The fourth-order valence-corrected chi connectivity index (χ4v) is 2.95. The first-order valence-electron chi connectivity index (χ1n) is 9.16. The lowest BCUT2D eigenvalue weighted by atomic mass is 10.1. The van der Waals surface area contributed by atoms with Gasteiger partial charge in [-0.1, -0.05) is 12.1 Å². The zero-order valence-electron chi connectivity index (χ0n) is 16.3. The average molecular weight is 380 g/mol. The van der Waals surface area contributed by atoms with Crippen molar-refractivity contribution in [2.75, 3.05) is 0 Å². The van der Waals surface area contributed by atoms with Crippen molar-refractivity contribution < 1.29 is 9.66 Å². The third-order valence-electron chi connectivity index (χ3n) is 4.20. The van der Waals surface area contributed by atoms with Gasteiger partial charge in [-0.05, 0) is 43.7 Å². The van der Waals surface area contributed by atoms with Gasteiger partial charge in [-0.2, -0.15) is 5.10 Å². The third kappa shape index (κ3) is 4.95. The molecule has 0 fully saturated rings. The molecule has 0 aliphatic heterocycles. The van der Waals surface area contributed by atoms with Crippen LogP contribution in [0.1, 0.15) is 25.0 Å². The Kier molecular flexibility index (Phi) is 6.06. The highest BCUT2D eigenvalue weighted by atomic mass is 16.6. The van der Waals surface area contributed by atoms with E-state index >= 15 is 0 Å². The second kappa shape index (κ2) is 8.67. The highest BCUT2D eigenvalue weighted by Crippen LogP contribution is 2.24. The first-order chi connectivity index (χ1) is 13.4. The van der Waals surface area contributed by atoms with Gasteiger partial charge in [0, 0.05) is 49.6 Å². The molecule has 1 N–H and O–H groups in total. The molecule has 1 heterocycles. The maximum absolute atomic E-state index is 10.8. The smallest absolute Gasteiger partial charge is 0.269 e. The van der Waals surface area contributed by atoms with Crippen LogP contribution < -0.4 is 10.1 Å². The normalized spacial score (nSPS) is 11.0. The largest absolute Gasteiger partial charge is 0.491 e. The molecule has 2 aromatic carbocycles. The molecule has 146 valence electrons. The van der Waals surface area contributed by atoms with Gasteiger partial charge in [0.2, 0.25) is 0 Å². The molecule has 0 bridgehead atoms. The van der Waals surface area contributed by atoms with E-state index in [1.54, 1.807) is 16.8 Å². The maximum atomic E-state index is 10.8. The highest BCUT2D eigenvalue weighted by molar-refractivity contribution is 5.64. The van der Waals surface area contributed by atoms with E-state index in [1.807, 2.05) is 51.4 Å². The van der Waals surface area contributed by atoms with Gasteiger partial charge in [0.25, 0.3) is 5.69 Å². The molecule has 28 heavy (non-hydrogen) atoms. The highest BCUT2D eigenvalue weighted by Gasteiger charge is 2.12. The Labute approximate surface area is 164 Å². The lowest BCUT2D eigenvalue weighted by Gasteiger charge is -2.10. The van der Waals surface area contributed by atoms with E-state index in [2.05, 4.69) is 10.4 Å². The van der Waals surface area contributed by atoms with Gasteiger partial charge < -0.3 is 10.1 Å². The van der Waals surface area contributed by atoms with Crippen molar-refractivity contribution in [2.45, 2.75) is 33.0 Å². The van der Waals surface area contributed by atoms with Crippen LogP contribution in [0, 0.1) is 10.1 Å². The molecule has 0 spiro atoms. The molecule has 0 saturated heterocycles. The Morgan fingerprint density at radius 1 is 1.11 bits per heavy atom. The summed E-state index contributed by atoms with van der Waals surface area (Å²) in [6, 6.07) is 14.5. The number of aryl methyl sites for hydroxylation is 1. The molecule has 3 rings (SSSR count). The minimum atomic E-state index is -0.401. The van der Waals surface area contributed by atoms with Crippen molar-refractivity contribution in [3.05, 3.63) is 76.0 Å². The molecule has 0 aliphatic rings. The number of nitro groups is 1. The molecule has 0 amide bonds. The Balaban J connectivity index is 1.64. The summed E-state index contributed by atoms with van der Waals surface area (Å²) in [6.07, 6.45) is 2.12. The lowest BCUT2D eigenvalue weighted by molar-refractivity contribution is -0.384. The molecule has 0 radical (unpaired) electrons. The fourth-order valence-electron chi connectivity index (χ4n) is 2.95. The summed E-state index contributed by atoms with van der Waals surface area (Å²) in [6.45, 7) is 5.37. The molecule has 0 unspecified atom stereocenters. The third-order valence-corrected chi connectivity index (χ3v) is 4.20. The first kappa shape index (κ1) is 19.6. The minimum absolute atomic E-state index is 0.0734. The summed E-state index contributed by atoms with van der Waals surface area (Å²) in [4.78, 5) is 10.4. The van der Waals surface area contributed by atoms with Gasteiger partial charge in [0.15, 0.2) is 0 Å². The van der Waals surface area contributed by atoms with E-state index in [-0.39, 0.29) is 11.8 Å². The number of benzene rings is 2. The van der Waals surface area contributed by atoms with Crippen LogP contribution in [0.3, 0.4) is 0 Å². The number of nitrogens with one attached hydrogen (secondary N) is 1. The number of nitro benzene ring substituents is 1. The van der Waals surface area contributed by atoms with E-state index in [0.29, 0.717) is 6.54 Å². The van der Waals surface area contributed by atoms with Gasteiger partial charge in [-0.3, -0.25) is 14.8 Å². The van der Waals surface area contributed by atoms with Crippen LogP contribution >= 0.6 is 0 Å². The first-order valence-corrected chi connectivity index (χ1v) is 9.16. The fraction of sp³-hybridized carbons (Fsp3) is 0.286. The second-order valence-electron chi connectivity index (χ2n) is 6.89. The summed E-state index contributed by atoms with van der Waals surface area (Å²) in [5.74, 6) is 0.867. The van der Waals surface area contributed by atoms with Crippen LogP contribution in [0.2, 0.25) is 0 Å². The monoisotopic (exact) mass is 380 g/mol. The topological polar surface area (TPSA) is 82.2 Å². The molecule has 0 saturated carbocycles. The predicted molar refractivity (Wildman–Crippen MR) is 108 cm³/mol. The predicted octanol–water partition coefficient (Wildman–Crippen LogP) is 4.07. The van der Waals surface area contributed by atoms with E-state index in [0.717, 1.165) is 34.7 Å². The van der Waals surface area contributed by atoms with Gasteiger partial charge >= 0.3 is 0 Å². The van der Waals surface area contributed by atoms with E-state index in [9.17, 15) is 10.1 Å². The summed E-state index contributed by atoms with van der Waals surface area (Å²) in [5.41, 5.74) is 3.96. The number of hydrogen-bond donors (Lipinski definition) is 1. The zero-order valence-corrected chi connectivity index (χ0v) is 16.3. The standard InChI is InChI=1S/C21H24N4O3/c1-15(2)28-20-10-4-16(5-11-20)12-22-13-18-14-24(3)23-21(18)17-6-8-19(9-7-17)25(26)27/h4-11,14-15,22H,12-13H2,1-3H3. The number of nitrogens with zero attached hydrogens (tertiary/aromatic N) is 3. The Morgan fingerprint density at radius 3 is 2.39 bits per heavy atom. The summed E-state index contributed by atoms with van der Waals surface area (Å²) in [5, 5.41) is 18.8. The van der Waals surface area contributed by atoms with E-state index in [4.69, 9.17) is 4.74 Å². The average Bonchev–Trinajstić information content (AvgIpc) is 3.03. The van der Waals surface area contributed by atoms with Crippen molar-refractivity contribution >= 4 is 5.69 Å². The molecule has 7 heteroatoms. The molecular weight excluding hydrogens is 356 g/mol. The maximum Gasteiger partial charge on any atom is 0.269 e. The summed E-state index contributed by atoms with van der Waals surface area (Å²) >= 11 is 0. The zero-order chi connectivity index (χ0) is 20.1. The van der Waals surface area contributed by atoms with Gasteiger partial charge in [-0.25, -0.2) is 0 Å². The van der Waals surface area contributed by atoms with E-state index < -0.39 is 4.92 Å². The van der Waals surface area contributed by atoms with Gasteiger partial charge in [-0.15, -0.1) is 0 Å². The number of hydrogen-bond acceptors (Lipinski definition) is 5. The van der Waals surface area contributed by atoms with Crippen LogP contribution in [-0.4, -0.2) is 20.8 Å². The van der Waals surface area contributed by atoms with Crippen LogP contribution in [-0.2, 0) is 20.1 Å². The van der Waals surface area contributed by atoms with Crippen molar-refractivity contribution in [3.63, 3.8) is 0 Å². The van der Waals surface area contributed by atoms with Crippen molar-refractivity contribution in [2.24, 2.45) is 7.05 Å². The Morgan fingerprint density at radius 2 is 1.79 bits per heavy atom. The molecule has 3 aromatic rings. The number of ether oxygens (including phenoxy) is 1. The van der Waals surface area contributed by atoms with Crippen LogP contribution in [0.25, 0.3) is 11.3 Å². The van der Waals surface area contributed by atoms with Crippen LogP contribution in [0.4, 0.5) is 5.69 Å². The van der Waals surface area contributed by atoms with Crippen LogP contribution in [0.15, 0.2) is 54.7 Å². The quantitative estimate of drug-likeness (QED) is 0.470. The number of non-ortho nitro benzene ring substituents is 1. The van der Waals surface area contributed by atoms with Crippen molar-refractivity contribution in [1.29, 1.82) is 0 Å². The Hall–Kier alpha value is -3.19. The molecular formula is C21H24N4O3. The minimum Gasteiger partial charge on any atom is -0.491 e. The van der Waals surface area contributed by atoms with Gasteiger partial charge in [0.1, 0.15) is 5.75 Å². The molecule has 0 aliphatic carbocycles. The van der Waals surface area contributed by atoms with Crippen molar-refractivity contribution in [3.8, 4) is 17.0 Å². The molecule has 0 atom stereocenters. The molecule has 1 aromatic heterocycles. The van der Waals surface area contributed by atoms with Gasteiger partial charge in [0.05, 0.1) is 16.7 Å². The number of rotatable bonds is 8. The Bertz CT molecular complexity index is 931. The summed E-state index contributed by atoms with van der Waals surface area (Å²) < 4.78 is 7.42. The SMILES string of the molecule is CC(C)Oc1ccc(CNCc2cn(C)nc2-c2ccc([N+](=O)[O-])cc2)cc1.